The van der Waals surface area contributed by atoms with Gasteiger partial charge in [-0.1, -0.05) is 18.0 Å². The Morgan fingerprint density at radius 2 is 2.09 bits per heavy atom. The quantitative estimate of drug-likeness (QED) is 0.828. The summed E-state index contributed by atoms with van der Waals surface area (Å²) in [5, 5.41) is 2.56. The van der Waals surface area contributed by atoms with Crippen LogP contribution in [0.5, 0.6) is 5.75 Å². The van der Waals surface area contributed by atoms with Gasteiger partial charge in [-0.15, -0.1) is 0 Å². The highest BCUT2D eigenvalue weighted by atomic mass is 35.5. The largest absolute Gasteiger partial charge is 0.482 e. The van der Waals surface area contributed by atoms with Crippen LogP contribution in [-0.4, -0.2) is 24.7 Å². The number of rotatable bonds is 4. The lowest BCUT2D eigenvalue weighted by molar-refractivity contribution is -0.184. The van der Waals surface area contributed by atoms with Gasteiger partial charge in [0, 0.05) is 6.04 Å². The second-order valence-electron chi connectivity index (χ2n) is 5.53. The topological polar surface area (TPSA) is 38.3 Å². The molecule has 0 saturated heterocycles. The van der Waals surface area contributed by atoms with Crippen LogP contribution >= 0.6 is 11.6 Å². The molecular weight excluding hydrogens is 338 g/mol. The van der Waals surface area contributed by atoms with E-state index in [4.69, 9.17) is 16.3 Å². The Morgan fingerprint density at radius 1 is 1.35 bits per heavy atom. The fourth-order valence-electron chi connectivity index (χ4n) is 2.62. The van der Waals surface area contributed by atoms with Gasteiger partial charge in [0.1, 0.15) is 11.6 Å². The van der Waals surface area contributed by atoms with E-state index < -0.39 is 36.5 Å². The number of amides is 1. The van der Waals surface area contributed by atoms with Gasteiger partial charge in [-0.2, -0.15) is 13.2 Å². The molecule has 1 amide bonds. The normalized spacial score (nSPS) is 21.8. The van der Waals surface area contributed by atoms with Gasteiger partial charge in [-0.3, -0.25) is 4.79 Å². The highest BCUT2D eigenvalue weighted by molar-refractivity contribution is 6.32. The first kappa shape index (κ1) is 17.8. The number of halogens is 5. The first-order valence-corrected chi connectivity index (χ1v) is 7.57. The van der Waals surface area contributed by atoms with Crippen molar-refractivity contribution < 1.29 is 27.1 Å². The summed E-state index contributed by atoms with van der Waals surface area (Å²) >= 11 is 5.75. The van der Waals surface area contributed by atoms with Crippen molar-refractivity contribution in [2.24, 2.45) is 5.92 Å². The maximum Gasteiger partial charge on any atom is 0.391 e. The lowest BCUT2D eigenvalue weighted by atomic mass is 9.85. The fourth-order valence-corrected chi connectivity index (χ4v) is 2.84. The average molecular weight is 354 g/mol. The molecule has 2 rings (SSSR count). The lowest BCUT2D eigenvalue weighted by Crippen LogP contribution is -2.43. The van der Waals surface area contributed by atoms with Crippen molar-refractivity contribution in [2.45, 2.75) is 37.9 Å². The van der Waals surface area contributed by atoms with Crippen LogP contribution in [0.3, 0.4) is 0 Å². The SMILES string of the molecule is O=C(COc1ccc(F)cc1Cl)N[C@H]1CCC[C@H](C(F)(F)F)C1. The molecule has 0 radical (unpaired) electrons. The molecule has 0 aromatic heterocycles. The summed E-state index contributed by atoms with van der Waals surface area (Å²) in [6.45, 7) is -0.390. The smallest absolute Gasteiger partial charge is 0.391 e. The van der Waals surface area contributed by atoms with Crippen LogP contribution in [0.2, 0.25) is 5.02 Å². The van der Waals surface area contributed by atoms with Crippen LogP contribution in [-0.2, 0) is 4.79 Å². The van der Waals surface area contributed by atoms with E-state index in [1.165, 1.54) is 6.07 Å². The monoisotopic (exact) mass is 353 g/mol. The summed E-state index contributed by atoms with van der Waals surface area (Å²) in [6.07, 6.45) is -3.33. The number of carbonyl (C=O) groups excluding carboxylic acids is 1. The molecule has 0 spiro atoms. The number of carbonyl (C=O) groups is 1. The number of nitrogens with one attached hydrogen (secondary N) is 1. The van der Waals surface area contributed by atoms with Crippen LogP contribution in [0.15, 0.2) is 18.2 Å². The number of alkyl halides is 3. The first-order valence-electron chi connectivity index (χ1n) is 7.19. The molecule has 1 saturated carbocycles. The molecule has 1 N–H and O–H groups in total. The zero-order chi connectivity index (χ0) is 17.0. The van der Waals surface area contributed by atoms with Crippen LogP contribution in [0.1, 0.15) is 25.7 Å². The minimum atomic E-state index is -4.23. The van der Waals surface area contributed by atoms with E-state index in [2.05, 4.69) is 5.32 Å². The first-order chi connectivity index (χ1) is 10.8. The van der Waals surface area contributed by atoms with Crippen LogP contribution < -0.4 is 10.1 Å². The van der Waals surface area contributed by atoms with Gasteiger partial charge in [-0.05, 0) is 37.5 Å². The van der Waals surface area contributed by atoms with Crippen molar-refractivity contribution in [2.75, 3.05) is 6.61 Å². The van der Waals surface area contributed by atoms with Crippen molar-refractivity contribution in [1.82, 2.24) is 5.32 Å². The van der Waals surface area contributed by atoms with Crippen molar-refractivity contribution >= 4 is 17.5 Å². The summed E-state index contributed by atoms with van der Waals surface area (Å²) in [4.78, 5) is 11.8. The molecule has 1 fully saturated rings. The molecule has 1 aliphatic carbocycles. The molecule has 0 heterocycles. The van der Waals surface area contributed by atoms with Crippen LogP contribution in [0.25, 0.3) is 0 Å². The summed E-state index contributed by atoms with van der Waals surface area (Å²) in [7, 11) is 0. The highest BCUT2D eigenvalue weighted by Crippen LogP contribution is 2.37. The minimum absolute atomic E-state index is 0.0209. The maximum atomic E-state index is 12.9. The summed E-state index contributed by atoms with van der Waals surface area (Å²) < 4.78 is 56.2. The third kappa shape index (κ3) is 5.27. The fraction of sp³-hybridized carbons (Fsp3) is 0.533. The minimum Gasteiger partial charge on any atom is -0.482 e. The summed E-state index contributed by atoms with van der Waals surface area (Å²) in [6, 6.07) is 2.94. The third-order valence-electron chi connectivity index (χ3n) is 3.75. The van der Waals surface area contributed by atoms with E-state index in [0.29, 0.717) is 12.8 Å². The van der Waals surface area contributed by atoms with Crippen LogP contribution in [0, 0.1) is 11.7 Å². The zero-order valence-corrected chi connectivity index (χ0v) is 12.9. The molecule has 128 valence electrons. The molecule has 1 aromatic rings. The Morgan fingerprint density at radius 3 is 2.74 bits per heavy atom. The van der Waals surface area contributed by atoms with E-state index in [0.717, 1.165) is 12.1 Å². The van der Waals surface area contributed by atoms with E-state index in [9.17, 15) is 22.4 Å². The number of benzene rings is 1. The van der Waals surface area contributed by atoms with E-state index >= 15 is 0 Å². The van der Waals surface area contributed by atoms with Crippen LogP contribution in [0.4, 0.5) is 17.6 Å². The number of hydrogen-bond donors (Lipinski definition) is 1. The molecule has 3 nitrogen and oxygen atoms in total. The van der Waals surface area contributed by atoms with Crippen molar-refractivity contribution in [3.63, 3.8) is 0 Å². The van der Waals surface area contributed by atoms with E-state index in [-0.39, 0.29) is 23.6 Å². The molecule has 2 atom stereocenters. The molecule has 1 aromatic carbocycles. The third-order valence-corrected chi connectivity index (χ3v) is 4.05. The van der Waals surface area contributed by atoms with E-state index in [1.807, 2.05) is 0 Å². The maximum absolute atomic E-state index is 12.9. The Balaban J connectivity index is 1.82. The Hall–Kier alpha value is -1.50. The summed E-state index contributed by atoms with van der Waals surface area (Å²) in [5.74, 6) is -2.31. The predicted octanol–water partition coefficient (Wildman–Crippen LogP) is 4.10. The van der Waals surface area contributed by atoms with Crippen molar-refractivity contribution in [3.05, 3.63) is 29.0 Å². The Labute approximate surface area is 136 Å². The van der Waals surface area contributed by atoms with Gasteiger partial charge < -0.3 is 10.1 Å². The molecule has 0 bridgehead atoms. The van der Waals surface area contributed by atoms with Gasteiger partial charge in [0.05, 0.1) is 10.9 Å². The predicted molar refractivity (Wildman–Crippen MR) is 76.8 cm³/mol. The second kappa shape index (κ2) is 7.38. The molecular formula is C15H16ClF4NO2. The second-order valence-corrected chi connectivity index (χ2v) is 5.94. The average Bonchev–Trinajstić information content (AvgIpc) is 2.45. The molecule has 0 aliphatic heterocycles. The lowest BCUT2D eigenvalue weighted by Gasteiger charge is -2.31. The van der Waals surface area contributed by atoms with Gasteiger partial charge in [-0.25, -0.2) is 4.39 Å². The number of hydrogen-bond acceptors (Lipinski definition) is 2. The molecule has 1 aliphatic rings. The van der Waals surface area contributed by atoms with Gasteiger partial charge in [0.2, 0.25) is 0 Å². The molecule has 0 unspecified atom stereocenters. The summed E-state index contributed by atoms with van der Waals surface area (Å²) in [5.41, 5.74) is 0. The molecule has 23 heavy (non-hydrogen) atoms. The van der Waals surface area contributed by atoms with E-state index in [1.54, 1.807) is 0 Å². The standard InChI is InChI=1S/C15H16ClF4NO2/c16-12-7-10(17)4-5-13(12)23-8-14(22)21-11-3-1-2-9(6-11)15(18,19)20/h4-5,7,9,11H,1-3,6,8H2,(H,21,22)/t9-,11-/m0/s1. The van der Waals surface area contributed by atoms with Gasteiger partial charge in [0.15, 0.2) is 6.61 Å². The molecule has 8 heteroatoms. The van der Waals surface area contributed by atoms with Gasteiger partial charge in [0.25, 0.3) is 5.91 Å². The van der Waals surface area contributed by atoms with Gasteiger partial charge >= 0.3 is 6.18 Å². The highest BCUT2D eigenvalue weighted by Gasteiger charge is 2.42. The Kier molecular flexibility index (Phi) is 5.73. The number of ether oxygens (including phenoxy) is 1. The van der Waals surface area contributed by atoms with Crippen molar-refractivity contribution in [1.29, 1.82) is 0 Å². The zero-order valence-electron chi connectivity index (χ0n) is 12.1. The van der Waals surface area contributed by atoms with Crippen molar-refractivity contribution in [3.8, 4) is 5.75 Å². The Bertz CT molecular complexity index is 565.